The van der Waals surface area contributed by atoms with Crippen molar-refractivity contribution in [1.29, 1.82) is 0 Å². The molecular formula is C15H28N4OS. The molecule has 0 saturated carbocycles. The minimum atomic E-state index is 0.179. The van der Waals surface area contributed by atoms with Crippen molar-refractivity contribution in [3.8, 4) is 0 Å². The summed E-state index contributed by atoms with van der Waals surface area (Å²) in [4.78, 5) is 4.27. The predicted octanol–water partition coefficient (Wildman–Crippen LogP) is 2.61. The van der Waals surface area contributed by atoms with Crippen LogP contribution in [0.4, 0.5) is 0 Å². The Morgan fingerprint density at radius 3 is 2.52 bits per heavy atom. The van der Waals surface area contributed by atoms with Crippen LogP contribution in [0.3, 0.4) is 0 Å². The molecule has 0 aliphatic rings. The van der Waals surface area contributed by atoms with Gasteiger partial charge in [-0.05, 0) is 26.5 Å². The lowest BCUT2D eigenvalue weighted by Gasteiger charge is -2.23. The third-order valence-corrected chi connectivity index (χ3v) is 4.75. The lowest BCUT2D eigenvalue weighted by Crippen LogP contribution is -2.43. The van der Waals surface area contributed by atoms with Crippen LogP contribution in [0.5, 0.6) is 0 Å². The van der Waals surface area contributed by atoms with Crippen LogP contribution in [0.15, 0.2) is 9.52 Å². The zero-order valence-electron chi connectivity index (χ0n) is 14.0. The van der Waals surface area contributed by atoms with Gasteiger partial charge in [0.2, 0.25) is 0 Å². The van der Waals surface area contributed by atoms with Gasteiger partial charge in [-0.25, -0.2) is 0 Å². The fourth-order valence-corrected chi connectivity index (χ4v) is 2.12. The zero-order chi connectivity index (χ0) is 15.9. The summed E-state index contributed by atoms with van der Waals surface area (Å²) >= 11 is 1.84. The van der Waals surface area contributed by atoms with Gasteiger partial charge in [0.25, 0.3) is 0 Å². The topological polar surface area (TPSA) is 62.5 Å². The number of guanidine groups is 1. The molecule has 0 fully saturated rings. The molecule has 2 N–H and O–H groups in total. The molecule has 0 radical (unpaired) electrons. The van der Waals surface area contributed by atoms with Crippen molar-refractivity contribution >= 4 is 17.7 Å². The second-order valence-corrected chi connectivity index (χ2v) is 6.99. The van der Waals surface area contributed by atoms with Crippen molar-refractivity contribution in [2.75, 3.05) is 19.8 Å². The number of hydrogen-bond acceptors (Lipinski definition) is 4. The van der Waals surface area contributed by atoms with Crippen LogP contribution in [0.1, 0.15) is 44.7 Å². The molecule has 0 saturated heterocycles. The summed E-state index contributed by atoms with van der Waals surface area (Å²) in [5, 5.41) is 10.8. The quantitative estimate of drug-likeness (QED) is 0.598. The van der Waals surface area contributed by atoms with E-state index in [4.69, 9.17) is 4.52 Å². The first-order chi connectivity index (χ1) is 9.97. The molecular weight excluding hydrogens is 284 g/mol. The maximum atomic E-state index is 5.38. The Labute approximate surface area is 132 Å². The van der Waals surface area contributed by atoms with E-state index < -0.39 is 0 Å². The normalized spacial score (nSPS) is 12.6. The number of nitrogens with zero attached hydrogens (tertiary/aromatic N) is 2. The number of nitrogens with one attached hydrogen (secondary N) is 2. The van der Waals surface area contributed by atoms with Gasteiger partial charge in [-0.2, -0.15) is 11.8 Å². The molecule has 5 nitrogen and oxygen atoms in total. The molecule has 6 heteroatoms. The van der Waals surface area contributed by atoms with Crippen LogP contribution in [-0.2, 0) is 19.4 Å². The van der Waals surface area contributed by atoms with Crippen LogP contribution in [-0.4, -0.2) is 35.7 Å². The molecule has 0 atom stereocenters. The van der Waals surface area contributed by atoms with E-state index in [1.165, 1.54) is 0 Å². The molecule has 1 heterocycles. The molecule has 0 aliphatic carbocycles. The van der Waals surface area contributed by atoms with Crippen LogP contribution < -0.4 is 10.6 Å². The number of aliphatic imine (C=N–C) groups is 1. The van der Waals surface area contributed by atoms with E-state index in [0.29, 0.717) is 6.54 Å². The summed E-state index contributed by atoms with van der Waals surface area (Å²) in [6.45, 7) is 10.1. The zero-order valence-corrected chi connectivity index (χ0v) is 14.9. The van der Waals surface area contributed by atoms with Gasteiger partial charge < -0.3 is 15.2 Å². The lowest BCUT2D eigenvalue weighted by atomic mass is 10.1. The summed E-state index contributed by atoms with van der Waals surface area (Å²) in [5.74, 6) is 1.77. The molecule has 120 valence electrons. The van der Waals surface area contributed by atoms with Crippen LogP contribution in [0, 0.1) is 0 Å². The van der Waals surface area contributed by atoms with Gasteiger partial charge in [0.1, 0.15) is 5.76 Å². The highest BCUT2D eigenvalue weighted by atomic mass is 32.2. The average molecular weight is 312 g/mol. The second-order valence-electron chi connectivity index (χ2n) is 5.48. The molecule has 0 spiro atoms. The smallest absolute Gasteiger partial charge is 0.191 e. The molecule has 0 aromatic carbocycles. The first-order valence-corrected chi connectivity index (χ1v) is 8.65. The van der Waals surface area contributed by atoms with Crippen LogP contribution >= 0.6 is 11.8 Å². The van der Waals surface area contributed by atoms with Gasteiger partial charge in [0.15, 0.2) is 5.96 Å². The Morgan fingerprint density at radius 1 is 1.29 bits per heavy atom. The largest absolute Gasteiger partial charge is 0.361 e. The molecule has 1 rings (SSSR count). The maximum Gasteiger partial charge on any atom is 0.191 e. The van der Waals surface area contributed by atoms with Crippen molar-refractivity contribution in [3.05, 3.63) is 17.0 Å². The lowest BCUT2D eigenvalue weighted by molar-refractivity contribution is 0.380. The fraction of sp³-hybridized carbons (Fsp3) is 0.733. The van der Waals surface area contributed by atoms with Crippen molar-refractivity contribution in [3.63, 3.8) is 0 Å². The minimum absolute atomic E-state index is 0.179. The third-order valence-electron chi connectivity index (χ3n) is 3.50. The highest BCUT2D eigenvalue weighted by Crippen LogP contribution is 2.19. The summed E-state index contributed by atoms with van der Waals surface area (Å²) in [7, 11) is 1.79. The Balaban J connectivity index is 2.62. The van der Waals surface area contributed by atoms with Crippen molar-refractivity contribution < 1.29 is 4.52 Å². The predicted molar refractivity (Wildman–Crippen MR) is 91.1 cm³/mol. The molecule has 1 aromatic rings. The van der Waals surface area contributed by atoms with Crippen molar-refractivity contribution in [1.82, 2.24) is 15.8 Å². The van der Waals surface area contributed by atoms with Gasteiger partial charge in [-0.15, -0.1) is 0 Å². The summed E-state index contributed by atoms with van der Waals surface area (Å²) in [6, 6.07) is 0. The van der Waals surface area contributed by atoms with Gasteiger partial charge in [0.05, 0.1) is 5.69 Å². The van der Waals surface area contributed by atoms with E-state index >= 15 is 0 Å². The maximum absolute atomic E-state index is 5.38. The van der Waals surface area contributed by atoms with E-state index in [9.17, 15) is 0 Å². The summed E-state index contributed by atoms with van der Waals surface area (Å²) in [6.07, 6.45) is 3.86. The highest BCUT2D eigenvalue weighted by Gasteiger charge is 2.17. The third kappa shape index (κ3) is 5.26. The van der Waals surface area contributed by atoms with Gasteiger partial charge in [0, 0.05) is 36.9 Å². The number of thioether (sulfide) groups is 1. The molecule has 0 amide bonds. The molecule has 21 heavy (non-hydrogen) atoms. The number of rotatable bonds is 7. The first-order valence-electron chi connectivity index (χ1n) is 7.43. The van der Waals surface area contributed by atoms with Gasteiger partial charge in [-0.3, -0.25) is 4.99 Å². The summed E-state index contributed by atoms with van der Waals surface area (Å²) in [5.41, 5.74) is 2.19. The van der Waals surface area contributed by atoms with Gasteiger partial charge in [-0.1, -0.05) is 19.0 Å². The van der Waals surface area contributed by atoms with Crippen molar-refractivity contribution in [2.24, 2.45) is 4.99 Å². The second kappa shape index (κ2) is 8.32. The average Bonchev–Trinajstić information content (AvgIpc) is 2.89. The van der Waals surface area contributed by atoms with E-state index in [1.807, 2.05) is 11.8 Å². The number of aromatic nitrogens is 1. The minimum Gasteiger partial charge on any atom is -0.361 e. The highest BCUT2D eigenvalue weighted by molar-refractivity contribution is 7.99. The molecule has 0 bridgehead atoms. The van der Waals surface area contributed by atoms with Crippen LogP contribution in [0.2, 0.25) is 0 Å². The molecule has 1 aromatic heterocycles. The monoisotopic (exact) mass is 312 g/mol. The Kier molecular flexibility index (Phi) is 7.08. The standard InChI is InChI=1S/C15H28N4OS/c1-7-12-11(13(8-2)20-19-12)9-17-14(16-5)18-10-15(3,4)21-6/h7-10H2,1-6H3,(H2,16,17,18). The number of aryl methyl sites for hydroxylation is 2. The molecule has 0 aliphatic heterocycles. The first kappa shape index (κ1) is 17.9. The van der Waals surface area contributed by atoms with Crippen LogP contribution in [0.25, 0.3) is 0 Å². The Morgan fingerprint density at radius 2 is 2.00 bits per heavy atom. The van der Waals surface area contributed by atoms with E-state index in [1.54, 1.807) is 7.05 Å². The number of hydrogen-bond donors (Lipinski definition) is 2. The SMILES string of the molecule is CCc1noc(CC)c1CNC(=NC)NCC(C)(C)SC. The Bertz CT molecular complexity index is 447. The fourth-order valence-electron chi connectivity index (χ4n) is 1.90. The van der Waals surface area contributed by atoms with Crippen molar-refractivity contribution in [2.45, 2.75) is 51.8 Å². The summed E-state index contributed by atoms with van der Waals surface area (Å²) < 4.78 is 5.56. The van der Waals surface area contributed by atoms with Gasteiger partial charge >= 0.3 is 0 Å². The van der Waals surface area contributed by atoms with E-state index in [-0.39, 0.29) is 4.75 Å². The van der Waals surface area contributed by atoms with E-state index in [0.717, 1.165) is 42.4 Å². The molecule has 0 unspecified atom stereocenters. The van der Waals surface area contributed by atoms with E-state index in [2.05, 4.69) is 54.7 Å². The Hall–Kier alpha value is -1.17.